The van der Waals surface area contributed by atoms with E-state index in [9.17, 15) is 19.2 Å². The van der Waals surface area contributed by atoms with E-state index in [0.717, 1.165) is 0 Å². The van der Waals surface area contributed by atoms with Crippen molar-refractivity contribution in [3.8, 4) is 0 Å². The molecule has 0 atom stereocenters. The van der Waals surface area contributed by atoms with Crippen LogP contribution < -0.4 is 0 Å². The first kappa shape index (κ1) is 18.5. The van der Waals surface area contributed by atoms with Gasteiger partial charge in [0.15, 0.2) is 0 Å². The second kappa shape index (κ2) is 11.3. The zero-order chi connectivity index (χ0) is 14.7. The molecule has 0 N–H and O–H groups in total. The number of hydrogen-bond donors (Lipinski definition) is 0. The van der Waals surface area contributed by atoms with Gasteiger partial charge in [-0.25, -0.2) is 0 Å². The summed E-state index contributed by atoms with van der Waals surface area (Å²) in [5, 5.41) is 0. The Morgan fingerprint density at radius 3 is 1.47 bits per heavy atom. The van der Waals surface area contributed by atoms with Gasteiger partial charge in [-0.15, -0.1) is 0 Å². The van der Waals surface area contributed by atoms with E-state index in [4.69, 9.17) is 9.47 Å². The fourth-order valence-electron chi connectivity index (χ4n) is 1.14. The number of rotatable bonds is 12. The summed E-state index contributed by atoms with van der Waals surface area (Å²) in [5.41, 5.74) is 0. The molecule has 0 aliphatic carbocycles. The zero-order valence-electron chi connectivity index (χ0n) is 11.2. The van der Waals surface area contributed by atoms with Crippen molar-refractivity contribution in [2.45, 2.75) is 26.7 Å². The van der Waals surface area contributed by atoms with Gasteiger partial charge in [0.05, 0.1) is 0 Å². The van der Waals surface area contributed by atoms with Crippen LogP contribution in [0.15, 0.2) is 0 Å². The molecule has 0 amide bonds. The van der Waals surface area contributed by atoms with Crippen LogP contribution in [0.3, 0.4) is 0 Å². The van der Waals surface area contributed by atoms with Gasteiger partial charge >= 0.3 is 124 Å². The number of ketones is 2. The molecule has 0 aromatic carbocycles. The Balaban J connectivity index is 3.89. The van der Waals surface area contributed by atoms with E-state index < -0.39 is 23.2 Å². The number of carbonyl (C=O) groups excluding carboxylic acids is 4. The summed E-state index contributed by atoms with van der Waals surface area (Å²) < 4.78 is 9.11. The molecule has 0 fully saturated rings. The summed E-state index contributed by atoms with van der Waals surface area (Å²) in [5.74, 6) is -0.637. The van der Waals surface area contributed by atoms with Crippen LogP contribution in [-0.2, 0) is 51.9 Å². The third-order valence-corrected chi connectivity index (χ3v) is 4.17. The number of ether oxygens (including phenoxy) is 2. The summed E-state index contributed by atoms with van der Waals surface area (Å²) in [6.45, 7) is 4.12. The molecule has 0 spiro atoms. The first-order chi connectivity index (χ1) is 8.99. The van der Waals surface area contributed by atoms with Gasteiger partial charge in [0.25, 0.3) is 0 Å². The molecule has 7 heteroatoms. The van der Waals surface area contributed by atoms with Crippen molar-refractivity contribution >= 4 is 18.5 Å². The molecule has 0 aromatic heterocycles. The Morgan fingerprint density at radius 1 is 0.789 bits per heavy atom. The Labute approximate surface area is 123 Å². The van der Waals surface area contributed by atoms with Gasteiger partial charge in [-0.05, 0) is 0 Å². The average Bonchev–Trinajstić information content (AvgIpc) is 2.33. The summed E-state index contributed by atoms with van der Waals surface area (Å²) in [6, 6.07) is 0. The first-order valence-electron chi connectivity index (χ1n) is 6.01. The van der Waals surface area contributed by atoms with Gasteiger partial charge in [-0.1, -0.05) is 0 Å². The van der Waals surface area contributed by atoms with Crippen molar-refractivity contribution < 1.29 is 51.9 Å². The number of Topliss-reactive ketones (excluding diaryl/α,β-unsaturated/α-hetero) is 2. The SMILES string of the molecule is CCOCC(=O)C[C](=O)[Zr][C](=O)CC(=O)COCC. The molecule has 0 aliphatic heterocycles. The van der Waals surface area contributed by atoms with Gasteiger partial charge in [0, 0.05) is 0 Å². The van der Waals surface area contributed by atoms with Gasteiger partial charge in [-0.2, -0.15) is 0 Å². The van der Waals surface area contributed by atoms with Crippen LogP contribution in [0, 0.1) is 0 Å². The van der Waals surface area contributed by atoms with Gasteiger partial charge in [0.1, 0.15) is 0 Å². The molecule has 0 aromatic rings. The molecule has 106 valence electrons. The topological polar surface area (TPSA) is 86.7 Å². The van der Waals surface area contributed by atoms with E-state index >= 15 is 0 Å². The maximum atomic E-state index is 11.5. The Morgan fingerprint density at radius 2 is 1.16 bits per heavy atom. The molecule has 0 unspecified atom stereocenters. The molecule has 0 saturated heterocycles. The molecule has 0 aliphatic rings. The molecular formula is C12H18O6Zr. The molecule has 0 rings (SSSR count). The van der Waals surface area contributed by atoms with Crippen molar-refractivity contribution in [1.29, 1.82) is 0 Å². The van der Waals surface area contributed by atoms with Crippen LogP contribution in [0.4, 0.5) is 0 Å². The summed E-state index contributed by atoms with van der Waals surface area (Å²) in [7, 11) is 0. The zero-order valence-corrected chi connectivity index (χ0v) is 13.7. The number of carbonyl (C=O) groups is 4. The third kappa shape index (κ3) is 11.0. The summed E-state index contributed by atoms with van der Waals surface area (Å²) >= 11 is -2.00. The second-order valence-electron chi connectivity index (χ2n) is 3.68. The van der Waals surface area contributed by atoms with Crippen molar-refractivity contribution in [3.05, 3.63) is 0 Å². The van der Waals surface area contributed by atoms with E-state index in [-0.39, 0.29) is 44.6 Å². The summed E-state index contributed by atoms with van der Waals surface area (Å²) in [4.78, 5) is 45.4. The quantitative estimate of drug-likeness (QED) is 0.465. The van der Waals surface area contributed by atoms with Gasteiger partial charge in [0.2, 0.25) is 0 Å². The molecule has 6 nitrogen and oxygen atoms in total. The van der Waals surface area contributed by atoms with E-state index in [0.29, 0.717) is 13.2 Å². The van der Waals surface area contributed by atoms with Crippen molar-refractivity contribution in [3.63, 3.8) is 0 Å². The fourth-order valence-corrected chi connectivity index (χ4v) is 3.30. The Hall–Kier alpha value is -0.517. The molecule has 0 bridgehead atoms. The van der Waals surface area contributed by atoms with Crippen LogP contribution in [0.2, 0.25) is 0 Å². The monoisotopic (exact) mass is 348 g/mol. The van der Waals surface area contributed by atoms with Crippen LogP contribution >= 0.6 is 0 Å². The molecule has 19 heavy (non-hydrogen) atoms. The molecule has 0 heterocycles. The maximum absolute atomic E-state index is 11.5. The van der Waals surface area contributed by atoms with Crippen molar-refractivity contribution in [2.75, 3.05) is 26.4 Å². The molecule has 0 radical (unpaired) electrons. The summed E-state index contributed by atoms with van der Waals surface area (Å²) in [6.07, 6.45) is -0.505. The molecule has 0 saturated carbocycles. The Bertz CT molecular complexity index is 307. The normalized spacial score (nSPS) is 10.0. The van der Waals surface area contributed by atoms with E-state index in [1.165, 1.54) is 0 Å². The van der Waals surface area contributed by atoms with Crippen LogP contribution in [0.25, 0.3) is 0 Å². The minimum atomic E-state index is -2.00. The van der Waals surface area contributed by atoms with Crippen molar-refractivity contribution in [1.82, 2.24) is 0 Å². The van der Waals surface area contributed by atoms with Gasteiger partial charge in [-0.3, -0.25) is 0 Å². The van der Waals surface area contributed by atoms with Gasteiger partial charge < -0.3 is 0 Å². The van der Waals surface area contributed by atoms with Crippen LogP contribution in [0.1, 0.15) is 26.7 Å². The van der Waals surface area contributed by atoms with E-state index in [1.807, 2.05) is 0 Å². The van der Waals surface area contributed by atoms with E-state index in [1.54, 1.807) is 13.8 Å². The van der Waals surface area contributed by atoms with E-state index in [2.05, 4.69) is 0 Å². The number of hydrogen-bond acceptors (Lipinski definition) is 6. The van der Waals surface area contributed by atoms with Crippen molar-refractivity contribution in [2.24, 2.45) is 0 Å². The van der Waals surface area contributed by atoms with Crippen LogP contribution in [-0.4, -0.2) is 45.0 Å². The predicted octanol–water partition coefficient (Wildman–Crippen LogP) is 0.114. The predicted molar refractivity (Wildman–Crippen MR) is 62.2 cm³/mol. The fraction of sp³-hybridized carbons (Fsp3) is 0.667. The first-order valence-corrected chi connectivity index (χ1v) is 8.46. The second-order valence-corrected chi connectivity index (χ2v) is 7.03. The average molecular weight is 349 g/mol. The standard InChI is InChI=1S/2C6H9O3.Zr/c2*1-2-9-5-6(8)3-4-7;/h2*2-3,5H2,1H3;. The Kier molecular flexibility index (Phi) is 11.0. The van der Waals surface area contributed by atoms with Crippen LogP contribution in [0.5, 0.6) is 0 Å². The molecular weight excluding hydrogens is 331 g/mol. The third-order valence-electron chi connectivity index (χ3n) is 1.93. The minimum absolute atomic E-state index is 0.0981.